The molecule has 0 aromatic heterocycles. The van der Waals surface area contributed by atoms with Gasteiger partial charge in [-0.3, -0.25) is 19.4 Å². The molecule has 9 nitrogen and oxygen atoms in total. The number of carboxylic acids is 1. The van der Waals surface area contributed by atoms with Crippen LogP contribution in [0.15, 0.2) is 0 Å². The maximum atomic E-state index is 12.0. The fraction of sp³-hybridized carbons (Fsp3) is 0.889. The van der Waals surface area contributed by atoms with Gasteiger partial charge >= 0.3 is 5.97 Å². The summed E-state index contributed by atoms with van der Waals surface area (Å²) >= 11 is 0. The molecule has 9 heteroatoms. The molecule has 27 heavy (non-hydrogen) atoms. The van der Waals surface area contributed by atoms with Crippen molar-refractivity contribution in [2.75, 3.05) is 78.8 Å². The monoisotopic (exact) mass is 386 g/mol. The second kappa shape index (κ2) is 13.0. The number of nitrogens with one attached hydrogen (secondary N) is 2. The van der Waals surface area contributed by atoms with Crippen LogP contribution in [0.3, 0.4) is 0 Å². The van der Waals surface area contributed by atoms with E-state index in [1.165, 1.54) is 0 Å². The van der Waals surface area contributed by atoms with E-state index in [4.69, 9.17) is 9.47 Å². The molecular formula is C18H34N4O5. The molecule has 3 N–H and O–H groups in total. The summed E-state index contributed by atoms with van der Waals surface area (Å²) in [5.41, 5.74) is 0. The number of hydrogen-bond donors (Lipinski definition) is 3. The van der Waals surface area contributed by atoms with Crippen molar-refractivity contribution in [1.29, 1.82) is 0 Å². The van der Waals surface area contributed by atoms with Gasteiger partial charge in [-0.15, -0.1) is 0 Å². The molecule has 0 aliphatic carbocycles. The van der Waals surface area contributed by atoms with Crippen LogP contribution in [0, 0.1) is 0 Å². The quantitative estimate of drug-likeness (QED) is 0.366. The first-order valence-electron chi connectivity index (χ1n) is 9.98. The van der Waals surface area contributed by atoms with Crippen LogP contribution in [0.4, 0.5) is 0 Å². The number of aliphatic carboxylic acids is 1. The van der Waals surface area contributed by atoms with Crippen LogP contribution < -0.4 is 10.6 Å². The first kappa shape index (κ1) is 22.0. The first-order chi connectivity index (χ1) is 13.1. The van der Waals surface area contributed by atoms with Crippen molar-refractivity contribution in [1.82, 2.24) is 20.4 Å². The van der Waals surface area contributed by atoms with Crippen molar-refractivity contribution in [2.24, 2.45) is 0 Å². The Morgan fingerprint density at radius 3 is 1.93 bits per heavy atom. The second-order valence-electron chi connectivity index (χ2n) is 7.01. The fourth-order valence-electron chi connectivity index (χ4n) is 3.26. The van der Waals surface area contributed by atoms with E-state index in [0.29, 0.717) is 13.1 Å². The maximum absolute atomic E-state index is 12.0. The van der Waals surface area contributed by atoms with Crippen molar-refractivity contribution >= 4 is 11.9 Å². The Kier molecular flexibility index (Phi) is 10.6. The largest absolute Gasteiger partial charge is 0.480 e. The third-order valence-corrected chi connectivity index (χ3v) is 4.91. The Balaban J connectivity index is 1.53. The zero-order valence-electron chi connectivity index (χ0n) is 16.2. The number of ether oxygens (including phenoxy) is 2. The fourth-order valence-corrected chi connectivity index (χ4v) is 3.26. The Morgan fingerprint density at radius 1 is 0.889 bits per heavy atom. The van der Waals surface area contributed by atoms with Crippen LogP contribution >= 0.6 is 0 Å². The van der Waals surface area contributed by atoms with Gasteiger partial charge in [-0.2, -0.15) is 0 Å². The molecule has 2 heterocycles. The highest BCUT2D eigenvalue weighted by molar-refractivity contribution is 5.84. The summed E-state index contributed by atoms with van der Waals surface area (Å²) in [6.45, 7) is 9.76. The highest BCUT2D eigenvalue weighted by Gasteiger charge is 2.20. The average Bonchev–Trinajstić information content (AvgIpc) is 2.69. The summed E-state index contributed by atoms with van der Waals surface area (Å²) in [5, 5.41) is 15.1. The number of carboxylic acid groups (broad SMARTS) is 1. The number of carbonyl (C=O) groups excluding carboxylic acids is 1. The van der Waals surface area contributed by atoms with Crippen molar-refractivity contribution < 1.29 is 24.2 Å². The summed E-state index contributed by atoms with van der Waals surface area (Å²) in [6, 6.07) is -0.839. The summed E-state index contributed by atoms with van der Waals surface area (Å²) in [6.07, 6.45) is 1.67. The maximum Gasteiger partial charge on any atom is 0.321 e. The predicted octanol–water partition coefficient (Wildman–Crippen LogP) is -1.02. The van der Waals surface area contributed by atoms with Gasteiger partial charge in [-0.25, -0.2) is 0 Å². The van der Waals surface area contributed by atoms with Gasteiger partial charge in [-0.1, -0.05) is 0 Å². The lowest BCUT2D eigenvalue weighted by Gasteiger charge is -2.26. The third kappa shape index (κ3) is 9.48. The van der Waals surface area contributed by atoms with Gasteiger partial charge in [0.2, 0.25) is 5.91 Å². The van der Waals surface area contributed by atoms with E-state index in [1.807, 2.05) is 0 Å². The summed E-state index contributed by atoms with van der Waals surface area (Å²) in [5.74, 6) is -1.20. The molecule has 2 aliphatic rings. The molecular weight excluding hydrogens is 352 g/mol. The van der Waals surface area contributed by atoms with Crippen LogP contribution in [0.5, 0.6) is 0 Å². The van der Waals surface area contributed by atoms with Crippen LogP contribution in [-0.2, 0) is 19.1 Å². The molecule has 156 valence electrons. The molecule has 2 aliphatic heterocycles. The first-order valence-corrected chi connectivity index (χ1v) is 9.98. The van der Waals surface area contributed by atoms with Gasteiger partial charge < -0.3 is 25.2 Å². The standard InChI is InChI=1S/C18H34N4O5/c23-17(20-4-2-6-22-9-13-27-14-10-22)15-16(18(24)25)19-3-1-5-21-7-11-26-12-8-21/h16,19H,1-15H2,(H,20,23)(H,24,25)/t16-/m0/s1. The zero-order chi connectivity index (χ0) is 19.3. The molecule has 1 amide bonds. The molecule has 2 fully saturated rings. The lowest BCUT2D eigenvalue weighted by Crippen LogP contribution is -2.43. The highest BCUT2D eigenvalue weighted by Crippen LogP contribution is 2.00. The molecule has 0 aromatic carbocycles. The minimum absolute atomic E-state index is 0.0373. The van der Waals surface area contributed by atoms with E-state index < -0.39 is 12.0 Å². The van der Waals surface area contributed by atoms with Gasteiger partial charge in [0, 0.05) is 32.7 Å². The van der Waals surface area contributed by atoms with Gasteiger partial charge in [0.15, 0.2) is 0 Å². The van der Waals surface area contributed by atoms with E-state index in [2.05, 4.69) is 20.4 Å². The number of amides is 1. The van der Waals surface area contributed by atoms with Crippen LogP contribution in [-0.4, -0.2) is 112 Å². The summed E-state index contributed by atoms with van der Waals surface area (Å²) in [4.78, 5) is 28.0. The summed E-state index contributed by atoms with van der Waals surface area (Å²) < 4.78 is 10.6. The molecule has 0 spiro atoms. The van der Waals surface area contributed by atoms with E-state index >= 15 is 0 Å². The molecule has 0 unspecified atom stereocenters. The van der Waals surface area contributed by atoms with E-state index in [1.54, 1.807) is 0 Å². The topological polar surface area (TPSA) is 103 Å². The smallest absolute Gasteiger partial charge is 0.321 e. The van der Waals surface area contributed by atoms with E-state index in [-0.39, 0.29) is 12.3 Å². The van der Waals surface area contributed by atoms with E-state index in [0.717, 1.165) is 78.5 Å². The lowest BCUT2D eigenvalue weighted by molar-refractivity contribution is -0.141. The minimum Gasteiger partial charge on any atom is -0.480 e. The third-order valence-electron chi connectivity index (χ3n) is 4.91. The molecule has 0 bridgehead atoms. The van der Waals surface area contributed by atoms with Crippen molar-refractivity contribution in [3.8, 4) is 0 Å². The Bertz CT molecular complexity index is 439. The molecule has 0 aromatic rings. The zero-order valence-corrected chi connectivity index (χ0v) is 16.2. The Hall–Kier alpha value is -1.26. The van der Waals surface area contributed by atoms with Gasteiger partial charge in [0.25, 0.3) is 0 Å². The number of nitrogens with zero attached hydrogens (tertiary/aromatic N) is 2. The molecule has 2 saturated heterocycles. The predicted molar refractivity (Wildman–Crippen MR) is 101 cm³/mol. The molecule has 0 radical (unpaired) electrons. The van der Waals surface area contributed by atoms with Gasteiger partial charge in [-0.05, 0) is 32.5 Å². The normalized spacial score (nSPS) is 20.3. The van der Waals surface area contributed by atoms with Crippen molar-refractivity contribution in [3.05, 3.63) is 0 Å². The average molecular weight is 386 g/mol. The summed E-state index contributed by atoms with van der Waals surface area (Å²) in [7, 11) is 0. The number of hydrogen-bond acceptors (Lipinski definition) is 7. The Morgan fingerprint density at radius 2 is 1.41 bits per heavy atom. The number of morpholine rings is 2. The minimum atomic E-state index is -0.982. The lowest BCUT2D eigenvalue weighted by atomic mass is 10.2. The molecule has 2 rings (SSSR count). The highest BCUT2D eigenvalue weighted by atomic mass is 16.5. The Labute approximate surface area is 161 Å². The van der Waals surface area contributed by atoms with E-state index in [9.17, 15) is 14.7 Å². The van der Waals surface area contributed by atoms with Crippen LogP contribution in [0.2, 0.25) is 0 Å². The molecule has 1 atom stereocenters. The van der Waals surface area contributed by atoms with Crippen LogP contribution in [0.25, 0.3) is 0 Å². The van der Waals surface area contributed by atoms with Crippen molar-refractivity contribution in [2.45, 2.75) is 25.3 Å². The molecule has 0 saturated carbocycles. The van der Waals surface area contributed by atoms with Crippen molar-refractivity contribution in [3.63, 3.8) is 0 Å². The van der Waals surface area contributed by atoms with Gasteiger partial charge in [0.05, 0.1) is 32.8 Å². The SMILES string of the molecule is O=C(C[C@H](NCCCN1CCOCC1)C(=O)O)NCCCN1CCOCC1. The number of carbonyl (C=O) groups is 2. The van der Waals surface area contributed by atoms with Gasteiger partial charge in [0.1, 0.15) is 6.04 Å². The second-order valence-corrected chi connectivity index (χ2v) is 7.01. The van der Waals surface area contributed by atoms with Crippen LogP contribution in [0.1, 0.15) is 19.3 Å². The number of rotatable bonds is 12.